The summed E-state index contributed by atoms with van der Waals surface area (Å²) in [6.07, 6.45) is 4.75. The molecule has 0 radical (unpaired) electrons. The molecule has 0 aliphatic rings. The minimum Gasteiger partial charge on any atom is -0.459 e. The van der Waals surface area contributed by atoms with Crippen LogP contribution in [0.3, 0.4) is 0 Å². The maximum Gasteiger partial charge on any atom is 0.312 e. The number of ether oxygens (including phenoxy) is 1. The predicted octanol–water partition coefficient (Wildman–Crippen LogP) is 3.68. The maximum atomic E-state index is 12.5. The monoisotopic (exact) mass is 316 g/mol. The van der Waals surface area contributed by atoms with Crippen molar-refractivity contribution < 1.29 is 19.7 Å². The van der Waals surface area contributed by atoms with Gasteiger partial charge < -0.3 is 14.9 Å². The van der Waals surface area contributed by atoms with Gasteiger partial charge in [-0.05, 0) is 47.0 Å². The Kier molecular flexibility index (Phi) is 9.25. The van der Waals surface area contributed by atoms with Crippen molar-refractivity contribution in [3.63, 3.8) is 0 Å². The van der Waals surface area contributed by atoms with Gasteiger partial charge in [-0.1, -0.05) is 33.1 Å². The van der Waals surface area contributed by atoms with Gasteiger partial charge in [0, 0.05) is 12.5 Å². The van der Waals surface area contributed by atoms with E-state index in [0.29, 0.717) is 6.42 Å². The molecule has 0 amide bonds. The molecule has 0 saturated carbocycles. The van der Waals surface area contributed by atoms with Gasteiger partial charge in [-0.2, -0.15) is 0 Å². The summed E-state index contributed by atoms with van der Waals surface area (Å²) in [5, 5.41) is 18.8. The standard InChI is InChI=1S/C18H36O4/c1-7-15(20)14(2)18(5,6)22-16(21)17(3,4)12-10-8-9-11-13-19/h14-15,19-20H,7-13H2,1-6H3. The highest BCUT2D eigenvalue weighted by Gasteiger charge is 2.38. The van der Waals surface area contributed by atoms with Crippen LogP contribution in [0.2, 0.25) is 0 Å². The van der Waals surface area contributed by atoms with Crippen LogP contribution >= 0.6 is 0 Å². The lowest BCUT2D eigenvalue weighted by atomic mass is 9.84. The van der Waals surface area contributed by atoms with E-state index >= 15 is 0 Å². The van der Waals surface area contributed by atoms with Crippen molar-refractivity contribution in [2.24, 2.45) is 11.3 Å². The van der Waals surface area contributed by atoms with Crippen LogP contribution in [0.1, 0.15) is 80.1 Å². The highest BCUT2D eigenvalue weighted by Crippen LogP contribution is 2.32. The summed E-state index contributed by atoms with van der Waals surface area (Å²) in [5.41, 5.74) is -1.20. The van der Waals surface area contributed by atoms with Crippen molar-refractivity contribution in [3.05, 3.63) is 0 Å². The fourth-order valence-corrected chi connectivity index (χ4v) is 2.42. The Morgan fingerprint density at radius 3 is 2.14 bits per heavy atom. The van der Waals surface area contributed by atoms with Crippen molar-refractivity contribution in [2.75, 3.05) is 6.61 Å². The molecule has 4 nitrogen and oxygen atoms in total. The van der Waals surface area contributed by atoms with Crippen LogP contribution in [0.5, 0.6) is 0 Å². The Balaban J connectivity index is 4.48. The molecule has 4 heteroatoms. The predicted molar refractivity (Wildman–Crippen MR) is 89.6 cm³/mol. The zero-order valence-electron chi connectivity index (χ0n) is 15.3. The topological polar surface area (TPSA) is 66.8 Å². The van der Waals surface area contributed by atoms with Crippen LogP contribution in [-0.4, -0.2) is 34.5 Å². The first kappa shape index (κ1) is 21.4. The van der Waals surface area contributed by atoms with E-state index in [1.807, 2.05) is 41.5 Å². The van der Waals surface area contributed by atoms with Gasteiger partial charge in [0.2, 0.25) is 0 Å². The van der Waals surface area contributed by atoms with Gasteiger partial charge in [0.15, 0.2) is 0 Å². The Morgan fingerprint density at radius 2 is 1.64 bits per heavy atom. The number of hydrogen-bond donors (Lipinski definition) is 2. The zero-order valence-corrected chi connectivity index (χ0v) is 15.3. The van der Waals surface area contributed by atoms with Crippen LogP contribution < -0.4 is 0 Å². The van der Waals surface area contributed by atoms with Gasteiger partial charge in [-0.15, -0.1) is 0 Å². The lowest BCUT2D eigenvalue weighted by Crippen LogP contribution is -2.44. The molecule has 0 aromatic heterocycles. The van der Waals surface area contributed by atoms with Gasteiger partial charge in [-0.3, -0.25) is 4.79 Å². The molecule has 0 aromatic rings. The third-order valence-corrected chi connectivity index (χ3v) is 4.71. The van der Waals surface area contributed by atoms with Crippen LogP contribution in [0, 0.1) is 11.3 Å². The molecule has 0 aliphatic heterocycles. The normalized spacial score (nSPS) is 15.5. The number of carbonyl (C=O) groups is 1. The fourth-order valence-electron chi connectivity index (χ4n) is 2.42. The molecule has 22 heavy (non-hydrogen) atoms. The molecule has 0 heterocycles. The summed E-state index contributed by atoms with van der Waals surface area (Å²) in [6.45, 7) is 11.6. The van der Waals surface area contributed by atoms with Gasteiger partial charge in [-0.25, -0.2) is 0 Å². The summed E-state index contributed by atoms with van der Waals surface area (Å²) in [7, 11) is 0. The quantitative estimate of drug-likeness (QED) is 0.451. The number of hydrogen-bond acceptors (Lipinski definition) is 4. The van der Waals surface area contributed by atoms with E-state index in [0.717, 1.165) is 32.1 Å². The average molecular weight is 316 g/mol. The number of carbonyl (C=O) groups excluding carboxylic acids is 1. The molecule has 2 unspecified atom stereocenters. The van der Waals surface area contributed by atoms with Crippen LogP contribution in [0.4, 0.5) is 0 Å². The van der Waals surface area contributed by atoms with Gasteiger partial charge in [0.25, 0.3) is 0 Å². The van der Waals surface area contributed by atoms with Crippen LogP contribution in [0.25, 0.3) is 0 Å². The van der Waals surface area contributed by atoms with Crippen molar-refractivity contribution in [1.82, 2.24) is 0 Å². The summed E-state index contributed by atoms with van der Waals surface area (Å²) < 4.78 is 5.73. The van der Waals surface area contributed by atoms with Gasteiger partial charge in [0.1, 0.15) is 5.60 Å². The summed E-state index contributed by atoms with van der Waals surface area (Å²) in [5.74, 6) is -0.309. The second-order valence-electron chi connectivity index (χ2n) is 7.53. The largest absolute Gasteiger partial charge is 0.459 e. The van der Waals surface area contributed by atoms with Crippen molar-refractivity contribution in [3.8, 4) is 0 Å². The van der Waals surface area contributed by atoms with E-state index in [9.17, 15) is 9.90 Å². The van der Waals surface area contributed by atoms with E-state index in [-0.39, 0.29) is 18.5 Å². The lowest BCUT2D eigenvalue weighted by Gasteiger charge is -2.37. The van der Waals surface area contributed by atoms with Crippen molar-refractivity contribution >= 4 is 5.97 Å². The van der Waals surface area contributed by atoms with Crippen LogP contribution in [-0.2, 0) is 9.53 Å². The highest BCUT2D eigenvalue weighted by atomic mass is 16.6. The first-order valence-corrected chi connectivity index (χ1v) is 8.61. The molecule has 0 fully saturated rings. The van der Waals surface area contributed by atoms with Crippen molar-refractivity contribution in [2.45, 2.75) is 91.8 Å². The average Bonchev–Trinajstić information content (AvgIpc) is 2.44. The molecule has 2 atom stereocenters. The molecule has 0 aliphatic carbocycles. The molecule has 0 saturated heterocycles. The molecule has 2 N–H and O–H groups in total. The molecular weight excluding hydrogens is 280 g/mol. The second-order valence-corrected chi connectivity index (χ2v) is 7.53. The first-order valence-electron chi connectivity index (χ1n) is 8.61. The summed E-state index contributed by atoms with van der Waals surface area (Å²) in [4.78, 5) is 12.5. The third kappa shape index (κ3) is 7.10. The Hall–Kier alpha value is -0.610. The van der Waals surface area contributed by atoms with Crippen molar-refractivity contribution in [1.29, 1.82) is 0 Å². The minimum atomic E-state index is -0.680. The van der Waals surface area contributed by atoms with Gasteiger partial charge >= 0.3 is 5.97 Å². The SMILES string of the molecule is CCC(O)C(C)C(C)(C)OC(=O)C(C)(C)CCCCCCO. The number of unbranched alkanes of at least 4 members (excludes halogenated alkanes) is 3. The molecule has 0 rings (SSSR count). The van der Waals surface area contributed by atoms with E-state index in [1.165, 1.54) is 0 Å². The Labute approximate surface area is 136 Å². The number of aliphatic hydroxyl groups is 2. The van der Waals surface area contributed by atoms with E-state index in [1.54, 1.807) is 0 Å². The summed E-state index contributed by atoms with van der Waals surface area (Å²) in [6, 6.07) is 0. The molecule has 132 valence electrons. The highest BCUT2D eigenvalue weighted by molar-refractivity contribution is 5.76. The Bertz CT molecular complexity index is 323. The maximum absolute atomic E-state index is 12.5. The molecular formula is C18H36O4. The van der Waals surface area contributed by atoms with Gasteiger partial charge in [0.05, 0.1) is 11.5 Å². The van der Waals surface area contributed by atoms with E-state index < -0.39 is 17.1 Å². The summed E-state index contributed by atoms with van der Waals surface area (Å²) >= 11 is 0. The van der Waals surface area contributed by atoms with E-state index in [2.05, 4.69) is 0 Å². The first-order chi connectivity index (χ1) is 10.1. The smallest absolute Gasteiger partial charge is 0.312 e. The second kappa shape index (κ2) is 9.51. The molecule has 0 spiro atoms. The third-order valence-electron chi connectivity index (χ3n) is 4.71. The van der Waals surface area contributed by atoms with Crippen LogP contribution in [0.15, 0.2) is 0 Å². The number of esters is 1. The number of rotatable bonds is 11. The molecule has 0 aromatic carbocycles. The lowest BCUT2D eigenvalue weighted by molar-refractivity contribution is -0.176. The van der Waals surface area contributed by atoms with E-state index in [4.69, 9.17) is 9.84 Å². The minimum absolute atomic E-state index is 0.109. The number of aliphatic hydroxyl groups excluding tert-OH is 2. The Morgan fingerprint density at radius 1 is 1.09 bits per heavy atom. The molecule has 0 bridgehead atoms. The zero-order chi connectivity index (χ0) is 17.4. The fraction of sp³-hybridized carbons (Fsp3) is 0.944.